The van der Waals surface area contributed by atoms with Crippen LogP contribution in [0.15, 0.2) is 23.9 Å². The number of nitrogens with zero attached hydrogens (tertiary/aromatic N) is 2. The van der Waals surface area contributed by atoms with Gasteiger partial charge < -0.3 is 16.4 Å². The zero-order chi connectivity index (χ0) is 15.3. The van der Waals surface area contributed by atoms with Crippen molar-refractivity contribution in [2.45, 2.75) is 51.1 Å². The highest BCUT2D eigenvalue weighted by atomic mass is 15.3. The predicted octanol–water partition coefficient (Wildman–Crippen LogP) is 1.68. The van der Waals surface area contributed by atoms with Crippen molar-refractivity contribution < 1.29 is 0 Å². The quantitative estimate of drug-likeness (QED) is 0.782. The average Bonchev–Trinajstić information content (AvgIpc) is 2.50. The molecule has 1 saturated heterocycles. The first-order chi connectivity index (χ1) is 10.1. The molecule has 0 spiro atoms. The van der Waals surface area contributed by atoms with Gasteiger partial charge in [-0.15, -0.1) is 0 Å². The molecule has 2 unspecified atom stereocenters. The molecule has 2 rings (SSSR count). The van der Waals surface area contributed by atoms with Crippen molar-refractivity contribution in [3.63, 3.8) is 0 Å². The SMILES string of the molecule is CCCC1CN(CC)CCN1CCC1(N)C=CC(N)=CC1. The van der Waals surface area contributed by atoms with Crippen LogP contribution in [0.3, 0.4) is 0 Å². The van der Waals surface area contributed by atoms with Crippen molar-refractivity contribution in [1.82, 2.24) is 9.80 Å². The summed E-state index contributed by atoms with van der Waals surface area (Å²) < 4.78 is 0. The van der Waals surface area contributed by atoms with Gasteiger partial charge in [-0.3, -0.25) is 4.90 Å². The molecule has 0 radical (unpaired) electrons. The van der Waals surface area contributed by atoms with E-state index >= 15 is 0 Å². The number of hydrogen-bond donors (Lipinski definition) is 2. The Morgan fingerprint density at radius 2 is 2.14 bits per heavy atom. The molecule has 0 bridgehead atoms. The van der Waals surface area contributed by atoms with E-state index in [1.807, 2.05) is 6.08 Å². The van der Waals surface area contributed by atoms with E-state index in [0.717, 1.165) is 25.1 Å². The largest absolute Gasteiger partial charge is 0.399 e. The summed E-state index contributed by atoms with van der Waals surface area (Å²) in [4.78, 5) is 5.22. The van der Waals surface area contributed by atoms with Gasteiger partial charge in [-0.25, -0.2) is 0 Å². The van der Waals surface area contributed by atoms with E-state index in [0.29, 0.717) is 6.04 Å². The maximum atomic E-state index is 6.49. The fourth-order valence-electron chi connectivity index (χ4n) is 3.39. The van der Waals surface area contributed by atoms with Gasteiger partial charge in [0.25, 0.3) is 0 Å². The highest BCUT2D eigenvalue weighted by molar-refractivity contribution is 5.26. The maximum absolute atomic E-state index is 6.49. The third kappa shape index (κ3) is 4.56. The van der Waals surface area contributed by atoms with Crippen LogP contribution < -0.4 is 11.5 Å². The molecule has 0 amide bonds. The summed E-state index contributed by atoms with van der Waals surface area (Å²) in [5.41, 5.74) is 12.9. The first-order valence-corrected chi connectivity index (χ1v) is 8.46. The monoisotopic (exact) mass is 292 g/mol. The van der Waals surface area contributed by atoms with Crippen LogP contribution in [0.1, 0.15) is 39.5 Å². The van der Waals surface area contributed by atoms with Gasteiger partial charge in [-0.05, 0) is 31.9 Å². The minimum atomic E-state index is -0.207. The summed E-state index contributed by atoms with van der Waals surface area (Å²) in [6.07, 6.45) is 10.5. The van der Waals surface area contributed by atoms with Crippen LogP contribution in [-0.2, 0) is 0 Å². The van der Waals surface area contributed by atoms with Crippen LogP contribution in [0, 0.1) is 0 Å². The van der Waals surface area contributed by atoms with Crippen LogP contribution in [0.5, 0.6) is 0 Å². The summed E-state index contributed by atoms with van der Waals surface area (Å²) in [7, 11) is 0. The van der Waals surface area contributed by atoms with Crippen LogP contribution >= 0.6 is 0 Å². The molecular weight excluding hydrogens is 260 g/mol. The number of hydrogen-bond acceptors (Lipinski definition) is 4. The minimum absolute atomic E-state index is 0.207. The molecule has 4 N–H and O–H groups in total. The smallest absolute Gasteiger partial charge is 0.0390 e. The van der Waals surface area contributed by atoms with Crippen molar-refractivity contribution in [2.24, 2.45) is 11.5 Å². The number of piperazine rings is 1. The van der Waals surface area contributed by atoms with Gasteiger partial charge in [-0.2, -0.15) is 0 Å². The summed E-state index contributed by atoms with van der Waals surface area (Å²) in [6.45, 7) is 10.4. The second-order valence-corrected chi connectivity index (χ2v) is 6.60. The average molecular weight is 292 g/mol. The molecular formula is C17H32N4. The second-order valence-electron chi connectivity index (χ2n) is 6.60. The number of nitrogens with two attached hydrogens (primary N) is 2. The first kappa shape index (κ1) is 16.5. The second kappa shape index (κ2) is 7.43. The van der Waals surface area contributed by atoms with Crippen molar-refractivity contribution in [1.29, 1.82) is 0 Å². The van der Waals surface area contributed by atoms with E-state index in [4.69, 9.17) is 11.5 Å². The molecule has 0 aromatic rings. The summed E-state index contributed by atoms with van der Waals surface area (Å²) in [6, 6.07) is 0.695. The molecule has 0 aromatic carbocycles. The highest BCUT2D eigenvalue weighted by Gasteiger charge is 2.29. The Hall–Kier alpha value is -0.840. The standard InChI is InChI=1S/C17H32N4/c1-3-5-16-14-20(4-2)12-13-21(16)11-10-17(19)8-6-15(18)7-9-17/h6-8,16H,3-5,9-14,18-19H2,1-2H3. The molecule has 21 heavy (non-hydrogen) atoms. The molecule has 1 aliphatic carbocycles. The van der Waals surface area contributed by atoms with Gasteiger partial charge >= 0.3 is 0 Å². The first-order valence-electron chi connectivity index (χ1n) is 8.46. The van der Waals surface area contributed by atoms with E-state index < -0.39 is 0 Å². The van der Waals surface area contributed by atoms with Crippen LogP contribution in [0.2, 0.25) is 0 Å². The van der Waals surface area contributed by atoms with Gasteiger partial charge in [0, 0.05) is 43.5 Å². The molecule has 2 atom stereocenters. The molecule has 4 nitrogen and oxygen atoms in total. The number of allylic oxidation sites excluding steroid dienone is 1. The third-order valence-electron chi connectivity index (χ3n) is 4.95. The maximum Gasteiger partial charge on any atom is 0.0390 e. The molecule has 2 aliphatic rings. The fourth-order valence-corrected chi connectivity index (χ4v) is 3.39. The van der Waals surface area contributed by atoms with Gasteiger partial charge in [0.05, 0.1) is 0 Å². The van der Waals surface area contributed by atoms with Gasteiger partial charge in [0.2, 0.25) is 0 Å². The lowest BCUT2D eigenvalue weighted by Crippen LogP contribution is -2.54. The van der Waals surface area contributed by atoms with Gasteiger partial charge in [-0.1, -0.05) is 32.4 Å². The Labute approximate surface area is 129 Å². The van der Waals surface area contributed by atoms with Gasteiger partial charge in [0.15, 0.2) is 0 Å². The van der Waals surface area contributed by atoms with Gasteiger partial charge in [0.1, 0.15) is 0 Å². The lowest BCUT2D eigenvalue weighted by molar-refractivity contribution is 0.0678. The Balaban J connectivity index is 1.87. The summed E-state index contributed by atoms with van der Waals surface area (Å²) in [5, 5.41) is 0. The molecule has 4 heteroatoms. The van der Waals surface area contributed by atoms with Crippen LogP contribution in [0.25, 0.3) is 0 Å². The molecule has 120 valence electrons. The molecule has 1 fully saturated rings. The Morgan fingerprint density at radius 1 is 1.33 bits per heavy atom. The zero-order valence-corrected chi connectivity index (χ0v) is 13.7. The normalized spacial score (nSPS) is 31.4. The number of likely N-dealkylation sites (N-methyl/N-ethyl adjacent to an activating group) is 1. The number of rotatable bonds is 6. The van der Waals surface area contributed by atoms with Crippen molar-refractivity contribution in [2.75, 3.05) is 32.7 Å². The molecule has 1 heterocycles. The Bertz CT molecular complexity index is 390. The van der Waals surface area contributed by atoms with Crippen molar-refractivity contribution in [3.05, 3.63) is 23.9 Å². The van der Waals surface area contributed by atoms with E-state index in [1.54, 1.807) is 0 Å². The summed E-state index contributed by atoms with van der Waals surface area (Å²) >= 11 is 0. The lowest BCUT2D eigenvalue weighted by atomic mass is 9.87. The minimum Gasteiger partial charge on any atom is -0.399 e. The highest BCUT2D eigenvalue weighted by Crippen LogP contribution is 2.23. The van der Waals surface area contributed by atoms with Crippen LogP contribution in [-0.4, -0.2) is 54.1 Å². The van der Waals surface area contributed by atoms with E-state index in [1.165, 1.54) is 39.0 Å². The molecule has 0 aromatic heterocycles. The fraction of sp³-hybridized carbons (Fsp3) is 0.765. The third-order valence-corrected chi connectivity index (χ3v) is 4.95. The van der Waals surface area contributed by atoms with E-state index in [-0.39, 0.29) is 5.54 Å². The van der Waals surface area contributed by atoms with Crippen molar-refractivity contribution in [3.8, 4) is 0 Å². The molecule has 1 aliphatic heterocycles. The van der Waals surface area contributed by atoms with E-state index in [2.05, 4.69) is 35.8 Å². The van der Waals surface area contributed by atoms with Crippen LogP contribution in [0.4, 0.5) is 0 Å². The Kier molecular flexibility index (Phi) is 5.85. The van der Waals surface area contributed by atoms with Crippen molar-refractivity contribution >= 4 is 0 Å². The zero-order valence-electron chi connectivity index (χ0n) is 13.7. The Morgan fingerprint density at radius 3 is 2.76 bits per heavy atom. The molecule has 0 saturated carbocycles. The summed E-state index contributed by atoms with van der Waals surface area (Å²) in [5.74, 6) is 0. The van der Waals surface area contributed by atoms with E-state index in [9.17, 15) is 0 Å². The predicted molar refractivity (Wildman–Crippen MR) is 89.9 cm³/mol. The lowest BCUT2D eigenvalue weighted by Gasteiger charge is -2.42. The topological polar surface area (TPSA) is 58.5 Å².